The summed E-state index contributed by atoms with van der Waals surface area (Å²) in [6, 6.07) is 10.6. The molecule has 1 saturated heterocycles. The van der Waals surface area contributed by atoms with Crippen molar-refractivity contribution >= 4 is 39.8 Å². The molecule has 36 heavy (non-hydrogen) atoms. The molecule has 3 aromatic heterocycles. The van der Waals surface area contributed by atoms with Crippen molar-refractivity contribution < 1.29 is 9.90 Å². The fraction of sp³-hybridized carbons (Fsp3) is 0.423. The minimum Gasteiger partial charge on any atom is -0.465 e. The van der Waals surface area contributed by atoms with Crippen LogP contribution < -0.4 is 10.2 Å². The number of hydrogen-bond acceptors (Lipinski definition) is 7. The lowest BCUT2D eigenvalue weighted by Crippen LogP contribution is -2.48. The molecular formula is C26H30N8O2. The van der Waals surface area contributed by atoms with Gasteiger partial charge in [0.2, 0.25) is 5.95 Å². The number of para-hydroxylation sites is 1. The maximum atomic E-state index is 11.4. The molecule has 0 radical (unpaired) electrons. The largest absolute Gasteiger partial charge is 0.465 e. The number of fused-ring (bicyclic) bond motifs is 2. The van der Waals surface area contributed by atoms with Crippen LogP contribution in [0, 0.1) is 5.92 Å². The highest BCUT2D eigenvalue weighted by molar-refractivity contribution is 5.87. The van der Waals surface area contributed by atoms with Gasteiger partial charge in [-0.2, -0.15) is 10.1 Å². The lowest BCUT2D eigenvalue weighted by Gasteiger charge is -2.33. The van der Waals surface area contributed by atoms with Gasteiger partial charge in [0.25, 0.3) is 0 Å². The first kappa shape index (κ1) is 22.5. The van der Waals surface area contributed by atoms with E-state index in [0.29, 0.717) is 38.0 Å². The third-order valence-corrected chi connectivity index (χ3v) is 7.11. The second-order valence-corrected chi connectivity index (χ2v) is 9.97. The number of carboxylic acid groups (broad SMARTS) is 1. The van der Waals surface area contributed by atoms with E-state index in [9.17, 15) is 9.90 Å². The molecule has 1 aliphatic heterocycles. The number of benzene rings is 1. The highest BCUT2D eigenvalue weighted by Crippen LogP contribution is 2.44. The predicted molar refractivity (Wildman–Crippen MR) is 138 cm³/mol. The van der Waals surface area contributed by atoms with E-state index in [4.69, 9.17) is 15.0 Å². The van der Waals surface area contributed by atoms with Crippen LogP contribution in [0.4, 0.5) is 16.6 Å². The number of rotatable bonds is 6. The highest BCUT2D eigenvalue weighted by atomic mass is 16.4. The summed E-state index contributed by atoms with van der Waals surface area (Å²) < 4.78 is 1.96. The molecule has 2 N–H and O–H groups in total. The first-order chi connectivity index (χ1) is 17.5. The lowest BCUT2D eigenvalue weighted by molar-refractivity contribution is 0.142. The van der Waals surface area contributed by atoms with Crippen molar-refractivity contribution in [3.63, 3.8) is 0 Å². The van der Waals surface area contributed by atoms with Gasteiger partial charge in [-0.3, -0.25) is 9.67 Å². The van der Waals surface area contributed by atoms with Crippen molar-refractivity contribution in [1.29, 1.82) is 0 Å². The fourth-order valence-corrected chi connectivity index (χ4v) is 4.99. The number of anilines is 2. The van der Waals surface area contributed by atoms with Crippen molar-refractivity contribution in [3.05, 3.63) is 48.3 Å². The smallest absolute Gasteiger partial charge is 0.407 e. The second kappa shape index (κ2) is 8.92. The predicted octanol–water partition coefficient (Wildman–Crippen LogP) is 4.32. The Morgan fingerprint density at radius 2 is 1.83 bits per heavy atom. The van der Waals surface area contributed by atoms with E-state index in [0.717, 1.165) is 46.2 Å². The quantitative estimate of drug-likeness (QED) is 0.414. The molecule has 0 bridgehead atoms. The molecular weight excluding hydrogens is 456 g/mol. The van der Waals surface area contributed by atoms with Gasteiger partial charge in [-0.25, -0.2) is 9.78 Å². The lowest BCUT2D eigenvalue weighted by atomic mass is 10.0. The Morgan fingerprint density at radius 1 is 1.06 bits per heavy atom. The van der Waals surface area contributed by atoms with E-state index in [1.54, 1.807) is 6.20 Å². The van der Waals surface area contributed by atoms with Gasteiger partial charge in [0.05, 0.1) is 17.8 Å². The Balaban J connectivity index is 1.39. The summed E-state index contributed by atoms with van der Waals surface area (Å²) in [5.41, 5.74) is 3.80. The van der Waals surface area contributed by atoms with Gasteiger partial charge in [-0.15, -0.1) is 0 Å². The molecule has 1 aromatic carbocycles. The molecule has 10 heteroatoms. The van der Waals surface area contributed by atoms with Crippen LogP contribution in [0.25, 0.3) is 21.9 Å². The summed E-state index contributed by atoms with van der Waals surface area (Å²) in [4.78, 5) is 29.4. The van der Waals surface area contributed by atoms with Gasteiger partial charge in [0, 0.05) is 43.8 Å². The van der Waals surface area contributed by atoms with Gasteiger partial charge in [-0.1, -0.05) is 18.2 Å². The van der Waals surface area contributed by atoms with Crippen LogP contribution in [0.5, 0.6) is 0 Å². The van der Waals surface area contributed by atoms with E-state index in [-0.39, 0.29) is 12.1 Å². The maximum absolute atomic E-state index is 11.4. The molecule has 6 rings (SSSR count). The van der Waals surface area contributed by atoms with E-state index in [2.05, 4.69) is 41.3 Å². The topological polar surface area (TPSA) is 112 Å². The number of pyridine rings is 1. The summed E-state index contributed by atoms with van der Waals surface area (Å²) in [6.45, 7) is 6.16. The maximum Gasteiger partial charge on any atom is 0.407 e. The van der Waals surface area contributed by atoms with Crippen molar-refractivity contribution in [2.45, 2.75) is 38.8 Å². The zero-order valence-electron chi connectivity index (χ0n) is 20.5. The highest BCUT2D eigenvalue weighted by Gasteiger charge is 2.34. The summed E-state index contributed by atoms with van der Waals surface area (Å²) in [6.07, 6.45) is 5.20. The van der Waals surface area contributed by atoms with Crippen LogP contribution >= 0.6 is 0 Å². The zero-order chi connectivity index (χ0) is 24.8. The molecule has 2 fully saturated rings. The molecule has 10 nitrogen and oxygen atoms in total. The molecule has 0 spiro atoms. The second-order valence-electron chi connectivity index (χ2n) is 9.97. The number of nitrogens with zero attached hydrogens (tertiary/aromatic N) is 7. The van der Waals surface area contributed by atoms with Crippen LogP contribution in [0.1, 0.15) is 44.3 Å². The Kier molecular flexibility index (Phi) is 5.58. The standard InChI is InChI=1S/C26H30N8O2/c1-16(2)34-23-21(15-28-34)29-25(32-9-11-33(12-10-32)26(35)36)31-24(23)30-22(17-7-8-17)19-13-18-5-3-4-6-20(18)27-14-19/h3-6,13-17,22H,7-12H2,1-2H3,(H,35,36)(H,29,30,31)/t22-/m1/s1. The van der Waals surface area contributed by atoms with Crippen molar-refractivity contribution in [2.24, 2.45) is 5.92 Å². The van der Waals surface area contributed by atoms with E-state index in [1.807, 2.05) is 29.1 Å². The van der Waals surface area contributed by atoms with Crippen LogP contribution in [-0.4, -0.2) is 67.0 Å². The first-order valence-corrected chi connectivity index (χ1v) is 12.6. The Bertz CT molecular complexity index is 1420. The Labute approximate surface area is 209 Å². The molecule has 4 heterocycles. The van der Waals surface area contributed by atoms with E-state index in [1.165, 1.54) is 4.90 Å². The zero-order valence-corrected chi connectivity index (χ0v) is 20.5. The Morgan fingerprint density at radius 3 is 2.56 bits per heavy atom. The molecule has 1 atom stereocenters. The summed E-state index contributed by atoms with van der Waals surface area (Å²) in [5.74, 6) is 1.87. The molecule has 1 aliphatic carbocycles. The van der Waals surface area contributed by atoms with E-state index < -0.39 is 6.09 Å². The number of piperazine rings is 1. The minimum absolute atomic E-state index is 0.0763. The SMILES string of the molecule is CC(C)n1ncc2nc(N3CCN(C(=O)O)CC3)nc(N[C@@H](c3cnc4ccccc4c3)C3CC3)c21. The molecule has 4 aromatic rings. The summed E-state index contributed by atoms with van der Waals surface area (Å²) in [5, 5.41) is 18.8. The third kappa shape index (κ3) is 4.16. The minimum atomic E-state index is -0.886. The van der Waals surface area contributed by atoms with Crippen LogP contribution in [0.3, 0.4) is 0 Å². The number of amides is 1. The Hall–Kier alpha value is -3.95. The molecule has 0 unspecified atom stereocenters. The molecule has 1 amide bonds. The average Bonchev–Trinajstić information content (AvgIpc) is 3.64. The number of aromatic nitrogens is 5. The van der Waals surface area contributed by atoms with Crippen molar-refractivity contribution in [1.82, 2.24) is 29.6 Å². The first-order valence-electron chi connectivity index (χ1n) is 12.6. The van der Waals surface area contributed by atoms with Crippen LogP contribution in [0.2, 0.25) is 0 Å². The average molecular weight is 487 g/mol. The monoisotopic (exact) mass is 486 g/mol. The number of nitrogens with one attached hydrogen (secondary N) is 1. The molecule has 2 aliphatic rings. The van der Waals surface area contributed by atoms with Crippen molar-refractivity contribution in [3.8, 4) is 0 Å². The summed E-state index contributed by atoms with van der Waals surface area (Å²) >= 11 is 0. The molecule has 186 valence electrons. The van der Waals surface area contributed by atoms with E-state index >= 15 is 0 Å². The fourth-order valence-electron chi connectivity index (χ4n) is 4.99. The third-order valence-electron chi connectivity index (χ3n) is 7.11. The van der Waals surface area contributed by atoms with Gasteiger partial charge < -0.3 is 20.2 Å². The normalized spacial score (nSPS) is 17.2. The van der Waals surface area contributed by atoms with Crippen LogP contribution in [0.15, 0.2) is 42.7 Å². The van der Waals surface area contributed by atoms with Gasteiger partial charge in [-0.05, 0) is 50.3 Å². The van der Waals surface area contributed by atoms with Crippen LogP contribution in [-0.2, 0) is 0 Å². The molecule has 1 saturated carbocycles. The number of carbonyl (C=O) groups is 1. The van der Waals surface area contributed by atoms with Gasteiger partial charge in [0.15, 0.2) is 5.82 Å². The van der Waals surface area contributed by atoms with Gasteiger partial charge in [0.1, 0.15) is 11.0 Å². The number of hydrogen-bond donors (Lipinski definition) is 2. The van der Waals surface area contributed by atoms with Crippen molar-refractivity contribution in [2.75, 3.05) is 36.4 Å². The summed E-state index contributed by atoms with van der Waals surface area (Å²) in [7, 11) is 0. The van der Waals surface area contributed by atoms with Gasteiger partial charge >= 0.3 is 6.09 Å².